The normalized spacial score (nSPS) is 16.7. The van der Waals surface area contributed by atoms with Crippen molar-refractivity contribution in [2.24, 2.45) is 26.6 Å². The number of carbonyl (C=O) groups excluding carboxylic acids is 5. The van der Waals surface area contributed by atoms with Crippen molar-refractivity contribution in [3.63, 3.8) is 0 Å². The van der Waals surface area contributed by atoms with E-state index in [1.54, 1.807) is 56.0 Å². The zero-order valence-corrected chi connectivity index (χ0v) is 45.8. The summed E-state index contributed by atoms with van der Waals surface area (Å²) in [6.07, 6.45) is 0.354. The number of ether oxygens (including phenoxy) is 4. The Balaban J connectivity index is 1.03. The molecule has 23 nitrogen and oxygen atoms in total. The van der Waals surface area contributed by atoms with E-state index in [1.165, 1.54) is 22.7 Å². The number of hydrogen-bond donors (Lipinski definition) is 5. The van der Waals surface area contributed by atoms with Crippen LogP contribution in [0.15, 0.2) is 142 Å². The lowest BCUT2D eigenvalue weighted by Gasteiger charge is -2.36. The second-order valence-electron chi connectivity index (χ2n) is 20.6. The number of aromatic nitrogens is 4. The molecule has 2 aliphatic rings. The van der Waals surface area contributed by atoms with E-state index in [0.29, 0.717) is 53.9 Å². The molecule has 8 rings (SSSR count). The molecule has 2 aliphatic heterocycles. The number of rotatable bonds is 19. The monoisotopic (exact) mass is 1110 g/mol. The van der Waals surface area contributed by atoms with Crippen LogP contribution in [0.3, 0.4) is 0 Å². The van der Waals surface area contributed by atoms with E-state index in [0.717, 1.165) is 11.3 Å². The maximum Gasteiger partial charge on any atom is 0.413 e. The van der Waals surface area contributed by atoms with Gasteiger partial charge in [0.1, 0.15) is 59.6 Å². The fourth-order valence-corrected chi connectivity index (χ4v) is 8.89. The van der Waals surface area contributed by atoms with E-state index < -0.39 is 71.7 Å². The molecule has 4 heterocycles. The van der Waals surface area contributed by atoms with Crippen molar-refractivity contribution in [3.05, 3.63) is 155 Å². The Bertz CT molecular complexity index is 3170. The molecule has 0 radical (unpaired) electrons. The first kappa shape index (κ1) is 57.0. The molecule has 0 saturated carbocycles. The number of hydrogen-bond acceptors (Lipinski definition) is 17. The van der Waals surface area contributed by atoms with Gasteiger partial charge in [-0.1, -0.05) is 78.0 Å². The van der Waals surface area contributed by atoms with Crippen molar-refractivity contribution in [1.29, 1.82) is 0 Å². The van der Waals surface area contributed by atoms with Crippen molar-refractivity contribution in [3.8, 4) is 5.75 Å². The number of esters is 1. The van der Waals surface area contributed by atoms with Crippen molar-refractivity contribution in [1.82, 2.24) is 35.3 Å². The van der Waals surface area contributed by atoms with Crippen LogP contribution < -0.4 is 32.2 Å². The number of aliphatic imine (C=N–C) groups is 2. The molecule has 4 aromatic carbocycles. The van der Waals surface area contributed by atoms with Crippen LogP contribution in [0, 0.1) is 0 Å². The quantitative estimate of drug-likeness (QED) is 0.0146. The molecule has 2 aromatic heterocycles. The number of nitrogens with zero attached hydrogens (tertiary/aromatic N) is 8. The topological polar surface area (TPSA) is 304 Å². The minimum absolute atomic E-state index is 0.0507. The lowest BCUT2D eigenvalue weighted by molar-refractivity contribution is -0.163. The summed E-state index contributed by atoms with van der Waals surface area (Å²) in [7, 11) is 0. The Hall–Kier alpha value is -9.19. The lowest BCUT2D eigenvalue weighted by Crippen LogP contribution is -2.70. The Morgan fingerprint density at radius 2 is 1.49 bits per heavy atom. The molecular formula is C56H63N13O10S. The maximum atomic E-state index is 14.5. The lowest BCUT2D eigenvalue weighted by atomic mass is 9.98. The van der Waals surface area contributed by atoms with Gasteiger partial charge in [0.25, 0.3) is 12.0 Å². The Morgan fingerprint density at radius 3 is 2.11 bits per heavy atom. The van der Waals surface area contributed by atoms with Gasteiger partial charge in [-0.25, -0.2) is 29.3 Å². The number of likely N-dealkylation sites (tertiary alicyclic amines) is 1. The van der Waals surface area contributed by atoms with Crippen LogP contribution in [0.4, 0.5) is 20.4 Å². The van der Waals surface area contributed by atoms with Gasteiger partial charge < -0.3 is 50.8 Å². The molecule has 3 atom stereocenters. The smallest absolute Gasteiger partial charge is 0.413 e. The fraction of sp³-hybridized carbons (Fsp3) is 0.339. The number of thiazole rings is 1. The first-order valence-corrected chi connectivity index (χ1v) is 26.5. The van der Waals surface area contributed by atoms with Crippen LogP contribution in [-0.2, 0) is 40.0 Å². The minimum atomic E-state index is -1.63. The predicted octanol–water partition coefficient (Wildman–Crippen LogP) is 6.41. The van der Waals surface area contributed by atoms with Crippen LogP contribution in [0.1, 0.15) is 88.4 Å². The molecule has 80 heavy (non-hydrogen) atoms. The summed E-state index contributed by atoms with van der Waals surface area (Å²) in [6, 6.07) is 30.3. The summed E-state index contributed by atoms with van der Waals surface area (Å²) in [6.45, 7) is 11.3. The molecular weight excluding hydrogens is 1050 g/mol. The molecule has 0 unspecified atom stereocenters. The molecule has 4 amide bonds. The average molecular weight is 1110 g/mol. The van der Waals surface area contributed by atoms with E-state index in [-0.39, 0.29) is 46.9 Å². The first-order chi connectivity index (χ1) is 38.2. The summed E-state index contributed by atoms with van der Waals surface area (Å²) < 4.78 is 24.8. The number of nitrogens with one attached hydrogen (secondary N) is 3. The highest BCUT2D eigenvalue weighted by atomic mass is 32.1. The van der Waals surface area contributed by atoms with Gasteiger partial charge in [-0.15, -0.1) is 11.3 Å². The molecule has 6 aromatic rings. The van der Waals surface area contributed by atoms with Crippen molar-refractivity contribution in [2.75, 3.05) is 25.0 Å². The van der Waals surface area contributed by atoms with E-state index in [4.69, 9.17) is 45.2 Å². The Labute approximate surface area is 465 Å². The van der Waals surface area contributed by atoms with Gasteiger partial charge in [0.2, 0.25) is 5.91 Å². The third-order valence-corrected chi connectivity index (χ3v) is 12.9. The molecule has 2 fully saturated rings. The molecule has 0 aliphatic carbocycles. The Morgan fingerprint density at radius 1 is 0.838 bits per heavy atom. The SMILES string of the molecule is CC(C)(C)OC(=O)Nc1nc(/C(=N/O[C@@H](COc2ccc(C(N)=Nc3ccccc3C(N)=NC3CCN(C(=O)OC(C)(C)C)CC3)cc2)C(=O)OC(c2ccccc2)c2ccccc2)C(=O)N[C@@H]2C(=O)N[C@@H]2Cn2cncn2)cs1. The molecule has 0 spiro atoms. The van der Waals surface area contributed by atoms with Crippen LogP contribution in [0.2, 0.25) is 0 Å². The van der Waals surface area contributed by atoms with Gasteiger partial charge in [0, 0.05) is 29.6 Å². The van der Waals surface area contributed by atoms with Crippen molar-refractivity contribution < 1.29 is 47.8 Å². The van der Waals surface area contributed by atoms with Gasteiger partial charge in [-0.2, -0.15) is 5.10 Å². The van der Waals surface area contributed by atoms with Gasteiger partial charge in [-0.05, 0) is 102 Å². The van der Waals surface area contributed by atoms with Crippen LogP contribution in [0.25, 0.3) is 0 Å². The number of amidine groups is 2. The number of carbonyl (C=O) groups is 5. The molecule has 24 heteroatoms. The highest BCUT2D eigenvalue weighted by Gasteiger charge is 2.42. The van der Waals surface area contributed by atoms with E-state index in [2.05, 4.69) is 36.2 Å². The van der Waals surface area contributed by atoms with Crippen molar-refractivity contribution >= 4 is 69.5 Å². The minimum Gasteiger partial charge on any atom is -0.489 e. The first-order valence-electron chi connectivity index (χ1n) is 25.7. The van der Waals surface area contributed by atoms with Gasteiger partial charge >= 0.3 is 18.2 Å². The largest absolute Gasteiger partial charge is 0.489 e. The number of oxime groups is 1. The molecule has 7 N–H and O–H groups in total. The second-order valence-corrected chi connectivity index (χ2v) is 21.4. The predicted molar refractivity (Wildman–Crippen MR) is 298 cm³/mol. The van der Waals surface area contributed by atoms with Crippen LogP contribution >= 0.6 is 11.3 Å². The standard InChI is InChI=1S/C56H63N13O10S/c1-55(2,3)77-53(73)66-52-64-42(31-80-52)45(50(71)65-44-41(63-49(44)70)29-69-33-59-32-60-69)67-79-43(51(72)76-46(34-15-9-7-10-16-34)35-17-11-8-12-18-35)30-75-38-23-21-36(22-24-38)47(57)62-40-20-14-13-19-39(40)48(58)61-37-25-27-68(28-26-37)54(74)78-56(4,5)6/h7-24,31-33,37,41,43-44,46H,25-30H2,1-6H3,(H2,57,62)(H2,58,61)(H,63,70)(H,65,71)(H,64,66,73)/b67-45-/t41-,43+,44+/m1/s1. The third-order valence-electron chi connectivity index (χ3n) is 12.1. The maximum absolute atomic E-state index is 14.5. The second kappa shape index (κ2) is 25.5. The van der Waals surface area contributed by atoms with Crippen LogP contribution in [-0.4, -0.2) is 127 Å². The summed E-state index contributed by atoms with van der Waals surface area (Å²) in [4.78, 5) is 92.6. The molecule has 418 valence electrons. The number of para-hydroxylation sites is 1. The third kappa shape index (κ3) is 15.7. The van der Waals surface area contributed by atoms with Gasteiger partial charge in [0.15, 0.2) is 16.9 Å². The number of amides is 4. The summed E-state index contributed by atoms with van der Waals surface area (Å²) >= 11 is 0.962. The highest BCUT2D eigenvalue weighted by molar-refractivity contribution is 7.14. The zero-order chi connectivity index (χ0) is 57.0. The Kier molecular flexibility index (Phi) is 18.2. The average Bonchev–Trinajstić information content (AvgIpc) is 4.13. The number of piperidine rings is 1. The summed E-state index contributed by atoms with van der Waals surface area (Å²) in [5.74, 6) is -1.55. The molecule has 2 saturated heterocycles. The van der Waals surface area contributed by atoms with Crippen molar-refractivity contribution in [2.45, 2.75) is 102 Å². The van der Waals surface area contributed by atoms with Gasteiger partial charge in [0.05, 0.1) is 24.3 Å². The summed E-state index contributed by atoms with van der Waals surface area (Å²) in [5.41, 5.74) is 14.2. The summed E-state index contributed by atoms with van der Waals surface area (Å²) in [5, 5.41) is 17.8. The number of anilines is 1. The van der Waals surface area contributed by atoms with Gasteiger partial charge in [-0.3, -0.25) is 24.6 Å². The highest BCUT2D eigenvalue weighted by Crippen LogP contribution is 2.28. The number of benzene rings is 4. The van der Waals surface area contributed by atoms with E-state index in [1.807, 2.05) is 99.6 Å². The molecule has 0 bridgehead atoms. The van der Waals surface area contributed by atoms with E-state index >= 15 is 0 Å². The zero-order valence-electron chi connectivity index (χ0n) is 45.0. The number of β-lactam (4-membered cyclic amide) rings is 1. The van der Waals surface area contributed by atoms with Crippen LogP contribution in [0.5, 0.6) is 5.75 Å². The van der Waals surface area contributed by atoms with E-state index in [9.17, 15) is 24.0 Å². The number of nitrogens with two attached hydrogens (primary N) is 2. The fourth-order valence-electron chi connectivity index (χ4n) is 8.21.